The summed E-state index contributed by atoms with van der Waals surface area (Å²) in [5.74, 6) is -0.227. The zero-order chi connectivity index (χ0) is 17.2. The quantitative estimate of drug-likeness (QED) is 0.901. The normalized spacial score (nSPS) is 20.0. The molecule has 2 rings (SSSR count). The molecule has 23 heavy (non-hydrogen) atoms. The maximum atomic E-state index is 12.2. The Morgan fingerprint density at radius 1 is 1.35 bits per heavy atom. The summed E-state index contributed by atoms with van der Waals surface area (Å²) in [6.07, 6.45) is -4.50. The van der Waals surface area contributed by atoms with E-state index in [0.29, 0.717) is 11.6 Å². The number of nitrogens with one attached hydrogen (secondary N) is 1. The van der Waals surface area contributed by atoms with Gasteiger partial charge >= 0.3 is 6.18 Å². The molecule has 1 N–H and O–H groups in total. The van der Waals surface area contributed by atoms with Crippen LogP contribution in [0.2, 0.25) is 0 Å². The smallest absolute Gasteiger partial charge is 0.341 e. The van der Waals surface area contributed by atoms with Crippen molar-refractivity contribution >= 4 is 17.5 Å². The summed E-state index contributed by atoms with van der Waals surface area (Å²) in [4.78, 5) is 25.1. The zero-order valence-electron chi connectivity index (χ0n) is 13.0. The van der Waals surface area contributed by atoms with Gasteiger partial charge < -0.3 is 10.2 Å². The molecule has 1 fully saturated rings. The number of rotatable bonds is 5. The van der Waals surface area contributed by atoms with E-state index in [1.54, 1.807) is 12.1 Å². The Bertz CT molecular complexity index is 601. The van der Waals surface area contributed by atoms with Crippen LogP contribution < -0.4 is 5.32 Å². The van der Waals surface area contributed by atoms with Crippen LogP contribution >= 0.6 is 0 Å². The molecule has 1 aliphatic carbocycles. The molecule has 0 saturated heterocycles. The van der Waals surface area contributed by atoms with Gasteiger partial charge in [0.1, 0.15) is 0 Å². The third-order valence-electron chi connectivity index (χ3n) is 3.90. The lowest BCUT2D eigenvalue weighted by molar-refractivity contribution is -0.136. The third kappa shape index (κ3) is 4.97. The number of benzene rings is 1. The predicted octanol–water partition coefficient (Wildman–Crippen LogP) is 3.31. The second-order valence-corrected chi connectivity index (χ2v) is 5.98. The number of anilines is 1. The Labute approximate surface area is 132 Å². The maximum Gasteiger partial charge on any atom is 0.390 e. The summed E-state index contributed by atoms with van der Waals surface area (Å²) in [5.41, 5.74) is 0.723. The molecule has 0 aromatic heterocycles. The molecule has 4 nitrogen and oxygen atoms in total. The van der Waals surface area contributed by atoms with E-state index < -0.39 is 25.0 Å². The number of hydrogen-bond donors (Lipinski definition) is 1. The second kappa shape index (κ2) is 6.60. The fourth-order valence-corrected chi connectivity index (χ4v) is 2.27. The van der Waals surface area contributed by atoms with Crippen LogP contribution in [-0.4, -0.2) is 36.5 Å². The Balaban J connectivity index is 1.98. The van der Waals surface area contributed by atoms with Gasteiger partial charge in [0.15, 0.2) is 0 Å². The minimum Gasteiger partial charge on any atom is -0.341 e. The molecule has 2 amide bonds. The molecule has 0 aliphatic heterocycles. The van der Waals surface area contributed by atoms with E-state index >= 15 is 0 Å². The summed E-state index contributed by atoms with van der Waals surface area (Å²) in [7, 11) is 1.32. The van der Waals surface area contributed by atoms with Crippen molar-refractivity contribution in [3.63, 3.8) is 0 Å². The number of halogens is 3. The number of amides is 2. The lowest BCUT2D eigenvalue weighted by atomic mass is 10.1. The summed E-state index contributed by atoms with van der Waals surface area (Å²) < 4.78 is 36.7. The molecule has 7 heteroatoms. The van der Waals surface area contributed by atoms with Gasteiger partial charge in [0, 0.05) is 30.8 Å². The molecular weight excluding hydrogens is 309 g/mol. The number of carbonyl (C=O) groups excluding carboxylic acids is 2. The highest BCUT2D eigenvalue weighted by Gasteiger charge is 2.39. The van der Waals surface area contributed by atoms with Gasteiger partial charge in [0.2, 0.25) is 5.91 Å². The van der Waals surface area contributed by atoms with Gasteiger partial charge in [-0.15, -0.1) is 0 Å². The van der Waals surface area contributed by atoms with Gasteiger partial charge in [-0.1, -0.05) is 13.0 Å². The van der Waals surface area contributed by atoms with Crippen LogP contribution in [0.3, 0.4) is 0 Å². The summed E-state index contributed by atoms with van der Waals surface area (Å²) >= 11 is 0. The highest BCUT2D eigenvalue weighted by Crippen LogP contribution is 2.38. The molecule has 0 heterocycles. The van der Waals surface area contributed by atoms with Crippen molar-refractivity contribution in [1.29, 1.82) is 0 Å². The van der Waals surface area contributed by atoms with Crippen LogP contribution in [0, 0.1) is 11.8 Å². The number of nitrogens with zero attached hydrogens (tertiary/aromatic N) is 1. The van der Waals surface area contributed by atoms with Gasteiger partial charge in [-0.25, -0.2) is 0 Å². The molecule has 1 aliphatic rings. The van der Waals surface area contributed by atoms with Crippen LogP contribution in [0.5, 0.6) is 0 Å². The Morgan fingerprint density at radius 3 is 2.57 bits per heavy atom. The van der Waals surface area contributed by atoms with Crippen LogP contribution in [0.25, 0.3) is 0 Å². The van der Waals surface area contributed by atoms with Crippen molar-refractivity contribution in [3.05, 3.63) is 29.8 Å². The van der Waals surface area contributed by atoms with Crippen LogP contribution in [0.1, 0.15) is 30.1 Å². The highest BCUT2D eigenvalue weighted by atomic mass is 19.4. The van der Waals surface area contributed by atoms with E-state index in [1.807, 2.05) is 6.92 Å². The molecule has 1 aromatic carbocycles. The first-order valence-electron chi connectivity index (χ1n) is 7.40. The molecule has 1 saturated carbocycles. The van der Waals surface area contributed by atoms with Crippen molar-refractivity contribution in [1.82, 2.24) is 4.90 Å². The van der Waals surface area contributed by atoms with E-state index in [-0.39, 0.29) is 17.4 Å². The van der Waals surface area contributed by atoms with Gasteiger partial charge in [-0.2, -0.15) is 13.2 Å². The lowest BCUT2D eigenvalue weighted by Gasteiger charge is -2.18. The van der Waals surface area contributed by atoms with Gasteiger partial charge in [0.25, 0.3) is 5.91 Å². The van der Waals surface area contributed by atoms with Crippen molar-refractivity contribution < 1.29 is 22.8 Å². The van der Waals surface area contributed by atoms with Crippen molar-refractivity contribution in [2.75, 3.05) is 18.9 Å². The Morgan fingerprint density at radius 2 is 2.00 bits per heavy atom. The van der Waals surface area contributed by atoms with Crippen molar-refractivity contribution in [3.8, 4) is 0 Å². The topological polar surface area (TPSA) is 49.4 Å². The van der Waals surface area contributed by atoms with E-state index in [2.05, 4.69) is 5.32 Å². The maximum absolute atomic E-state index is 12.2. The van der Waals surface area contributed by atoms with E-state index in [4.69, 9.17) is 0 Å². The standard InChI is InChI=1S/C16H19F3N2O2/c1-10-8-13(10)14(22)20-12-5-3-4-11(9-12)15(23)21(2)7-6-16(17,18)19/h3-5,9-10,13H,6-8H2,1-2H3,(H,20,22). The van der Waals surface area contributed by atoms with Crippen LogP contribution in [0.15, 0.2) is 24.3 Å². The monoisotopic (exact) mass is 328 g/mol. The van der Waals surface area contributed by atoms with Gasteiger partial charge in [-0.05, 0) is 30.5 Å². The first-order chi connectivity index (χ1) is 10.7. The Hall–Kier alpha value is -2.05. The number of carbonyl (C=O) groups is 2. The molecule has 126 valence electrons. The third-order valence-corrected chi connectivity index (χ3v) is 3.90. The lowest BCUT2D eigenvalue weighted by Crippen LogP contribution is -2.30. The van der Waals surface area contributed by atoms with E-state index in [9.17, 15) is 22.8 Å². The first-order valence-corrected chi connectivity index (χ1v) is 7.40. The molecule has 2 atom stereocenters. The molecule has 2 unspecified atom stereocenters. The average molecular weight is 328 g/mol. The predicted molar refractivity (Wildman–Crippen MR) is 80.0 cm³/mol. The summed E-state index contributed by atoms with van der Waals surface area (Å²) in [6.45, 7) is 1.58. The first kappa shape index (κ1) is 17.3. The zero-order valence-corrected chi connectivity index (χ0v) is 13.0. The fourth-order valence-electron chi connectivity index (χ4n) is 2.27. The van der Waals surface area contributed by atoms with Crippen LogP contribution in [0.4, 0.5) is 18.9 Å². The highest BCUT2D eigenvalue weighted by molar-refractivity contribution is 5.98. The van der Waals surface area contributed by atoms with Gasteiger partial charge in [-0.3, -0.25) is 9.59 Å². The minimum absolute atomic E-state index is 0.00353. The molecule has 1 aromatic rings. The van der Waals surface area contributed by atoms with E-state index in [1.165, 1.54) is 19.2 Å². The second-order valence-electron chi connectivity index (χ2n) is 5.98. The molecule has 0 bridgehead atoms. The van der Waals surface area contributed by atoms with Crippen molar-refractivity contribution in [2.24, 2.45) is 11.8 Å². The summed E-state index contributed by atoms with van der Waals surface area (Å²) in [5, 5.41) is 2.74. The summed E-state index contributed by atoms with van der Waals surface area (Å²) in [6, 6.07) is 6.24. The molecule has 0 spiro atoms. The van der Waals surface area contributed by atoms with Crippen LogP contribution in [-0.2, 0) is 4.79 Å². The Kier molecular flexibility index (Phi) is 4.97. The SMILES string of the molecule is CC1CC1C(=O)Nc1cccc(C(=O)N(C)CCC(F)(F)F)c1. The number of hydrogen-bond acceptors (Lipinski definition) is 2. The van der Waals surface area contributed by atoms with Crippen molar-refractivity contribution in [2.45, 2.75) is 25.9 Å². The van der Waals surface area contributed by atoms with Gasteiger partial charge in [0.05, 0.1) is 6.42 Å². The fraction of sp³-hybridized carbons (Fsp3) is 0.500. The molecular formula is C16H19F3N2O2. The largest absolute Gasteiger partial charge is 0.390 e. The van der Waals surface area contributed by atoms with E-state index in [0.717, 1.165) is 11.3 Å². The molecule has 0 radical (unpaired) electrons. The number of alkyl halides is 3. The average Bonchev–Trinajstić information content (AvgIpc) is 3.20. The minimum atomic E-state index is -4.30.